The van der Waals surface area contributed by atoms with E-state index in [9.17, 15) is 4.79 Å². The van der Waals surface area contributed by atoms with E-state index < -0.39 is 0 Å². The molecule has 0 radical (unpaired) electrons. The number of hydrogen-bond donors (Lipinski definition) is 1. The Balaban J connectivity index is 1.96. The molecule has 2 rings (SSSR count). The zero-order valence-electron chi connectivity index (χ0n) is 15.4. The second-order valence-electron chi connectivity index (χ2n) is 5.98. The summed E-state index contributed by atoms with van der Waals surface area (Å²) in [4.78, 5) is 18.4. The van der Waals surface area contributed by atoms with Gasteiger partial charge in [-0.3, -0.25) is 9.63 Å². The highest BCUT2D eigenvalue weighted by Crippen LogP contribution is 2.32. The van der Waals surface area contributed by atoms with Gasteiger partial charge in [0.15, 0.2) is 0 Å². The minimum atomic E-state index is -0.138. The van der Waals surface area contributed by atoms with Crippen molar-refractivity contribution in [3.8, 4) is 0 Å². The quantitative estimate of drug-likeness (QED) is 0.359. The fourth-order valence-electron chi connectivity index (χ4n) is 2.77. The van der Waals surface area contributed by atoms with Crippen LogP contribution < -0.4 is 5.48 Å². The topological polar surface area (TPSA) is 47.6 Å². The lowest BCUT2D eigenvalue weighted by Gasteiger charge is -2.24. The predicted octanol–water partition coefficient (Wildman–Crippen LogP) is 4.46. The fourth-order valence-corrected chi connectivity index (χ4v) is 4.13. The zero-order valence-corrected chi connectivity index (χ0v) is 16.2. The minimum absolute atomic E-state index is 0.0773. The van der Waals surface area contributed by atoms with Gasteiger partial charge in [-0.05, 0) is 30.5 Å². The Labute approximate surface area is 160 Å². The van der Waals surface area contributed by atoms with E-state index in [4.69, 9.17) is 9.57 Å². The van der Waals surface area contributed by atoms with E-state index in [1.54, 1.807) is 11.8 Å². The van der Waals surface area contributed by atoms with Crippen LogP contribution in [0.4, 0.5) is 0 Å². The molecule has 2 aromatic carbocycles. The third kappa shape index (κ3) is 6.83. The molecule has 0 saturated heterocycles. The normalized spacial score (nSPS) is 13.2. The van der Waals surface area contributed by atoms with Gasteiger partial charge in [0.2, 0.25) is 5.91 Å². The highest BCUT2D eigenvalue weighted by molar-refractivity contribution is 8.00. The van der Waals surface area contributed by atoms with Gasteiger partial charge in [0, 0.05) is 16.8 Å². The SMILES string of the molecule is CC[C@@H](C(=O)NOC)[C@H](CCOCc1ccccc1)Sc1ccccc1. The van der Waals surface area contributed by atoms with Crippen LogP contribution in [0.5, 0.6) is 0 Å². The molecule has 2 aromatic rings. The monoisotopic (exact) mass is 373 g/mol. The third-order valence-corrected chi connectivity index (χ3v) is 5.53. The molecule has 0 unspecified atom stereocenters. The molecule has 0 fully saturated rings. The van der Waals surface area contributed by atoms with Crippen LogP contribution in [0.15, 0.2) is 65.6 Å². The van der Waals surface area contributed by atoms with Gasteiger partial charge in [-0.25, -0.2) is 5.48 Å². The number of hydroxylamine groups is 1. The molecule has 0 aliphatic heterocycles. The molecule has 0 aromatic heterocycles. The summed E-state index contributed by atoms with van der Waals surface area (Å²) in [6, 6.07) is 20.3. The number of hydrogen-bond acceptors (Lipinski definition) is 4. The molecule has 1 N–H and O–H groups in total. The number of amides is 1. The Kier molecular flexibility index (Phi) is 9.24. The van der Waals surface area contributed by atoms with Crippen LogP contribution >= 0.6 is 11.8 Å². The zero-order chi connectivity index (χ0) is 18.6. The van der Waals surface area contributed by atoms with Crippen LogP contribution in [0, 0.1) is 5.92 Å². The molecule has 2 atom stereocenters. The number of benzene rings is 2. The second kappa shape index (κ2) is 11.7. The minimum Gasteiger partial charge on any atom is -0.377 e. The lowest BCUT2D eigenvalue weighted by Crippen LogP contribution is -2.36. The van der Waals surface area contributed by atoms with Crippen molar-refractivity contribution in [3.63, 3.8) is 0 Å². The molecule has 0 spiro atoms. The van der Waals surface area contributed by atoms with Crippen molar-refractivity contribution >= 4 is 17.7 Å². The Morgan fingerprint density at radius 2 is 1.73 bits per heavy atom. The Bertz CT molecular complexity index is 636. The van der Waals surface area contributed by atoms with Crippen LogP contribution in [0.2, 0.25) is 0 Å². The van der Waals surface area contributed by atoms with Crippen molar-refractivity contribution in [1.82, 2.24) is 5.48 Å². The number of nitrogens with one attached hydrogen (secondary N) is 1. The summed E-state index contributed by atoms with van der Waals surface area (Å²) >= 11 is 1.73. The summed E-state index contributed by atoms with van der Waals surface area (Å²) in [7, 11) is 1.47. The molecule has 0 aliphatic rings. The number of carbonyl (C=O) groups excluding carboxylic acids is 1. The fraction of sp³-hybridized carbons (Fsp3) is 0.381. The van der Waals surface area contributed by atoms with Crippen molar-refractivity contribution in [3.05, 3.63) is 66.2 Å². The molecule has 26 heavy (non-hydrogen) atoms. The first-order chi connectivity index (χ1) is 12.7. The van der Waals surface area contributed by atoms with Crippen molar-refractivity contribution in [2.24, 2.45) is 5.92 Å². The average molecular weight is 374 g/mol. The summed E-state index contributed by atoms with van der Waals surface area (Å²) in [5, 5.41) is 0.119. The highest BCUT2D eigenvalue weighted by atomic mass is 32.2. The maximum atomic E-state index is 12.4. The Hall–Kier alpha value is -1.82. The molecule has 140 valence electrons. The number of ether oxygens (including phenoxy) is 1. The highest BCUT2D eigenvalue weighted by Gasteiger charge is 2.27. The third-order valence-electron chi connectivity index (χ3n) is 4.12. The Morgan fingerprint density at radius 3 is 2.35 bits per heavy atom. The van der Waals surface area contributed by atoms with Gasteiger partial charge in [0.1, 0.15) is 0 Å². The molecular weight excluding hydrogens is 346 g/mol. The number of rotatable bonds is 11. The molecule has 4 nitrogen and oxygen atoms in total. The predicted molar refractivity (Wildman–Crippen MR) is 106 cm³/mol. The van der Waals surface area contributed by atoms with Crippen molar-refractivity contribution in [2.45, 2.75) is 36.5 Å². The summed E-state index contributed by atoms with van der Waals surface area (Å²) in [5.41, 5.74) is 3.64. The van der Waals surface area contributed by atoms with Gasteiger partial charge < -0.3 is 4.74 Å². The lowest BCUT2D eigenvalue weighted by molar-refractivity contribution is -0.135. The van der Waals surface area contributed by atoms with E-state index in [0.717, 1.165) is 23.3 Å². The van der Waals surface area contributed by atoms with Crippen molar-refractivity contribution in [1.29, 1.82) is 0 Å². The largest absolute Gasteiger partial charge is 0.377 e. The number of carbonyl (C=O) groups is 1. The standard InChI is InChI=1S/C21H27NO3S/c1-3-19(21(23)22-24-2)20(26-18-12-8-5-9-13-18)14-15-25-16-17-10-6-4-7-11-17/h4-13,19-20H,3,14-16H2,1-2H3,(H,22,23)/t19-,20+/m1/s1. The van der Waals surface area contributed by atoms with E-state index in [1.807, 2.05) is 43.3 Å². The Morgan fingerprint density at radius 1 is 1.08 bits per heavy atom. The molecular formula is C21H27NO3S. The van der Waals surface area contributed by atoms with Crippen LogP contribution in [-0.4, -0.2) is 24.9 Å². The summed E-state index contributed by atoms with van der Waals surface area (Å²) < 4.78 is 5.85. The van der Waals surface area contributed by atoms with Gasteiger partial charge in [0.25, 0.3) is 0 Å². The first-order valence-electron chi connectivity index (χ1n) is 8.90. The van der Waals surface area contributed by atoms with Crippen LogP contribution in [0.1, 0.15) is 25.3 Å². The van der Waals surface area contributed by atoms with E-state index >= 15 is 0 Å². The van der Waals surface area contributed by atoms with Gasteiger partial charge in [0.05, 0.1) is 19.6 Å². The maximum Gasteiger partial charge on any atom is 0.247 e. The average Bonchev–Trinajstić information content (AvgIpc) is 2.67. The molecule has 1 amide bonds. The van der Waals surface area contributed by atoms with Crippen molar-refractivity contribution in [2.75, 3.05) is 13.7 Å². The summed E-state index contributed by atoms with van der Waals surface area (Å²) in [6.45, 7) is 3.23. The molecule has 0 bridgehead atoms. The molecule has 5 heteroatoms. The first-order valence-corrected chi connectivity index (χ1v) is 9.78. The lowest BCUT2D eigenvalue weighted by atomic mass is 9.99. The van der Waals surface area contributed by atoms with Crippen LogP contribution in [-0.2, 0) is 21.0 Å². The van der Waals surface area contributed by atoms with Crippen LogP contribution in [0.25, 0.3) is 0 Å². The van der Waals surface area contributed by atoms with E-state index in [0.29, 0.717) is 13.2 Å². The van der Waals surface area contributed by atoms with E-state index in [2.05, 4.69) is 29.7 Å². The first kappa shape index (κ1) is 20.5. The summed E-state index contributed by atoms with van der Waals surface area (Å²) in [6.07, 6.45) is 1.54. The van der Waals surface area contributed by atoms with Gasteiger partial charge in [-0.15, -0.1) is 11.8 Å². The van der Waals surface area contributed by atoms with E-state index in [1.165, 1.54) is 7.11 Å². The van der Waals surface area contributed by atoms with Gasteiger partial charge in [-0.2, -0.15) is 0 Å². The van der Waals surface area contributed by atoms with Gasteiger partial charge in [-0.1, -0.05) is 55.5 Å². The van der Waals surface area contributed by atoms with Gasteiger partial charge >= 0.3 is 0 Å². The van der Waals surface area contributed by atoms with Crippen LogP contribution in [0.3, 0.4) is 0 Å². The summed E-state index contributed by atoms with van der Waals surface area (Å²) in [5.74, 6) is -0.216. The van der Waals surface area contributed by atoms with E-state index in [-0.39, 0.29) is 17.1 Å². The maximum absolute atomic E-state index is 12.4. The number of thioether (sulfide) groups is 1. The van der Waals surface area contributed by atoms with Crippen molar-refractivity contribution < 1.29 is 14.4 Å². The molecule has 0 saturated carbocycles. The smallest absolute Gasteiger partial charge is 0.247 e. The molecule has 0 aliphatic carbocycles. The molecule has 0 heterocycles. The second-order valence-corrected chi connectivity index (χ2v) is 7.29.